The van der Waals surface area contributed by atoms with Crippen molar-refractivity contribution in [2.75, 3.05) is 6.54 Å². The number of thiazole rings is 2. The summed E-state index contributed by atoms with van der Waals surface area (Å²) >= 11 is 3.03. The Morgan fingerprint density at radius 3 is 2.81 bits per heavy atom. The fourth-order valence-electron chi connectivity index (χ4n) is 2.44. The largest absolute Gasteiger partial charge is 0.347 e. The number of aryl methyl sites for hydroxylation is 1. The van der Waals surface area contributed by atoms with Crippen LogP contribution in [0.1, 0.15) is 40.5 Å². The zero-order valence-electron chi connectivity index (χ0n) is 14.9. The first kappa shape index (κ1) is 18.7. The van der Waals surface area contributed by atoms with Crippen LogP contribution in [0.3, 0.4) is 0 Å². The third-order valence-corrected chi connectivity index (χ3v) is 5.73. The van der Waals surface area contributed by atoms with E-state index in [4.69, 9.17) is 0 Å². The van der Waals surface area contributed by atoms with E-state index < -0.39 is 6.17 Å². The first-order valence-corrected chi connectivity index (χ1v) is 9.93. The number of halogens is 1. The molecule has 1 amide bonds. The van der Waals surface area contributed by atoms with Gasteiger partial charge in [-0.15, -0.1) is 22.7 Å². The van der Waals surface area contributed by atoms with Crippen LogP contribution in [0.4, 0.5) is 4.39 Å². The predicted molar refractivity (Wildman–Crippen MR) is 106 cm³/mol. The molecule has 26 heavy (non-hydrogen) atoms. The van der Waals surface area contributed by atoms with Crippen molar-refractivity contribution in [3.05, 3.63) is 51.0 Å². The predicted octanol–water partition coefficient (Wildman–Crippen LogP) is 4.95. The second-order valence-corrected chi connectivity index (χ2v) is 8.57. The molecule has 0 saturated carbocycles. The molecule has 1 aliphatic rings. The SMILES string of the molecule is CC(C)=Cc1sc(-c2ncc(C)s2)nc1C(=O)NCC1=CCC(F)C=C1. The molecule has 1 unspecified atom stereocenters. The lowest BCUT2D eigenvalue weighted by Gasteiger charge is -2.10. The molecule has 0 spiro atoms. The summed E-state index contributed by atoms with van der Waals surface area (Å²) in [6.07, 6.45) is 8.24. The Hall–Kier alpha value is -2.12. The van der Waals surface area contributed by atoms with Gasteiger partial charge in [0.05, 0.1) is 4.88 Å². The number of alkyl halides is 1. The van der Waals surface area contributed by atoms with Gasteiger partial charge in [0.25, 0.3) is 5.91 Å². The number of amides is 1. The highest BCUT2D eigenvalue weighted by molar-refractivity contribution is 7.22. The quantitative estimate of drug-likeness (QED) is 0.787. The Morgan fingerprint density at radius 2 is 2.19 bits per heavy atom. The van der Waals surface area contributed by atoms with Gasteiger partial charge >= 0.3 is 0 Å². The number of rotatable bonds is 5. The topological polar surface area (TPSA) is 54.9 Å². The average Bonchev–Trinajstić information content (AvgIpc) is 3.20. The van der Waals surface area contributed by atoms with Crippen LogP contribution in [0, 0.1) is 6.92 Å². The fraction of sp³-hybridized carbons (Fsp3) is 0.316. The van der Waals surface area contributed by atoms with Crippen molar-refractivity contribution in [3.8, 4) is 10.0 Å². The van der Waals surface area contributed by atoms with E-state index in [1.54, 1.807) is 17.4 Å². The number of nitrogens with one attached hydrogen (secondary N) is 1. The first-order chi connectivity index (χ1) is 12.4. The molecule has 0 aromatic carbocycles. The number of nitrogens with zero attached hydrogens (tertiary/aromatic N) is 2. The van der Waals surface area contributed by atoms with Gasteiger partial charge in [-0.25, -0.2) is 14.4 Å². The molecule has 136 valence electrons. The van der Waals surface area contributed by atoms with Crippen molar-refractivity contribution in [2.45, 2.75) is 33.4 Å². The van der Waals surface area contributed by atoms with Crippen LogP contribution < -0.4 is 5.32 Å². The highest BCUT2D eigenvalue weighted by Crippen LogP contribution is 2.32. The average molecular weight is 390 g/mol. The molecule has 0 fully saturated rings. The van der Waals surface area contributed by atoms with Gasteiger partial charge in [0.15, 0.2) is 10.0 Å². The van der Waals surface area contributed by atoms with Crippen molar-refractivity contribution in [2.24, 2.45) is 0 Å². The Morgan fingerprint density at radius 1 is 1.38 bits per heavy atom. The van der Waals surface area contributed by atoms with Crippen molar-refractivity contribution < 1.29 is 9.18 Å². The minimum Gasteiger partial charge on any atom is -0.347 e. The van der Waals surface area contributed by atoms with Crippen molar-refractivity contribution in [1.82, 2.24) is 15.3 Å². The monoisotopic (exact) mass is 389 g/mol. The van der Waals surface area contributed by atoms with Crippen molar-refractivity contribution in [1.29, 1.82) is 0 Å². The molecule has 2 aromatic heterocycles. The summed E-state index contributed by atoms with van der Waals surface area (Å²) in [5, 5.41) is 4.45. The third kappa shape index (κ3) is 4.53. The van der Waals surface area contributed by atoms with Crippen LogP contribution in [-0.2, 0) is 0 Å². The number of hydrogen-bond acceptors (Lipinski definition) is 5. The summed E-state index contributed by atoms with van der Waals surface area (Å²) in [5.74, 6) is -0.232. The summed E-state index contributed by atoms with van der Waals surface area (Å²) in [6, 6.07) is 0. The van der Waals surface area contributed by atoms with Crippen LogP contribution in [0.25, 0.3) is 16.1 Å². The van der Waals surface area contributed by atoms with Crippen LogP contribution in [-0.4, -0.2) is 28.6 Å². The highest BCUT2D eigenvalue weighted by atomic mass is 32.1. The van der Waals surface area contributed by atoms with Crippen molar-refractivity contribution >= 4 is 34.7 Å². The lowest BCUT2D eigenvalue weighted by molar-refractivity contribution is 0.0953. The van der Waals surface area contributed by atoms with Gasteiger partial charge in [-0.1, -0.05) is 23.8 Å². The molecule has 0 aliphatic heterocycles. The van der Waals surface area contributed by atoms with Crippen LogP contribution in [0.15, 0.2) is 35.6 Å². The molecule has 1 atom stereocenters. The maximum atomic E-state index is 13.1. The minimum atomic E-state index is -0.929. The molecule has 4 nitrogen and oxygen atoms in total. The number of hydrogen-bond donors (Lipinski definition) is 1. The molecule has 2 aromatic rings. The molecule has 7 heteroatoms. The van der Waals surface area contributed by atoms with E-state index in [0.717, 1.165) is 30.9 Å². The van der Waals surface area contributed by atoms with E-state index in [9.17, 15) is 9.18 Å². The van der Waals surface area contributed by atoms with E-state index in [-0.39, 0.29) is 5.91 Å². The number of carbonyl (C=O) groups excluding carboxylic acids is 1. The Bertz CT molecular complexity index is 904. The van der Waals surface area contributed by atoms with Gasteiger partial charge in [0.2, 0.25) is 0 Å². The molecule has 0 saturated heterocycles. The summed E-state index contributed by atoms with van der Waals surface area (Å²) in [6.45, 7) is 6.32. The molecule has 1 N–H and O–H groups in total. The number of aromatic nitrogens is 2. The minimum absolute atomic E-state index is 0.232. The molecular formula is C19H20FN3OS2. The Kier molecular flexibility index (Phi) is 5.78. The summed E-state index contributed by atoms with van der Waals surface area (Å²) in [7, 11) is 0. The standard InChI is InChI=1S/C19H20FN3OS2/c1-11(2)8-15-16(23-19(26-15)18-22-9-12(3)25-18)17(24)21-10-13-4-6-14(20)7-5-13/h4-6,8-9,14H,7,10H2,1-3H3,(H,21,24). The van der Waals surface area contributed by atoms with Gasteiger partial charge < -0.3 is 5.32 Å². The first-order valence-electron chi connectivity index (χ1n) is 8.30. The van der Waals surface area contributed by atoms with E-state index in [1.807, 2.05) is 39.1 Å². The highest BCUT2D eigenvalue weighted by Gasteiger charge is 2.19. The van der Waals surface area contributed by atoms with E-state index in [2.05, 4.69) is 15.3 Å². The van der Waals surface area contributed by atoms with E-state index in [0.29, 0.717) is 18.7 Å². The van der Waals surface area contributed by atoms with Crippen LogP contribution in [0.5, 0.6) is 0 Å². The Balaban J connectivity index is 1.80. The zero-order valence-corrected chi connectivity index (χ0v) is 16.5. The second-order valence-electron chi connectivity index (χ2n) is 6.30. The molecular weight excluding hydrogens is 369 g/mol. The van der Waals surface area contributed by atoms with E-state index >= 15 is 0 Å². The van der Waals surface area contributed by atoms with Gasteiger partial charge in [-0.05, 0) is 32.4 Å². The molecule has 0 bridgehead atoms. The zero-order chi connectivity index (χ0) is 18.7. The summed E-state index contributed by atoms with van der Waals surface area (Å²) in [5.41, 5.74) is 2.40. The van der Waals surface area contributed by atoms with E-state index in [1.165, 1.54) is 17.4 Å². The number of carbonyl (C=O) groups is 1. The summed E-state index contributed by atoms with van der Waals surface area (Å²) in [4.78, 5) is 23.5. The number of allylic oxidation sites excluding steroid dienone is 3. The molecule has 1 aliphatic carbocycles. The van der Waals surface area contributed by atoms with Gasteiger partial charge in [-0.3, -0.25) is 4.79 Å². The molecule has 2 heterocycles. The lowest BCUT2D eigenvalue weighted by atomic mass is 10.1. The fourth-order valence-corrected chi connectivity index (χ4v) is 4.35. The van der Waals surface area contributed by atoms with Crippen LogP contribution in [0.2, 0.25) is 0 Å². The normalized spacial score (nSPS) is 16.3. The third-order valence-electron chi connectivity index (χ3n) is 3.67. The van der Waals surface area contributed by atoms with Crippen LogP contribution >= 0.6 is 22.7 Å². The second kappa shape index (κ2) is 8.05. The maximum Gasteiger partial charge on any atom is 0.271 e. The molecule has 0 radical (unpaired) electrons. The Labute approximate surface area is 160 Å². The van der Waals surface area contributed by atoms with Crippen molar-refractivity contribution in [3.63, 3.8) is 0 Å². The van der Waals surface area contributed by atoms with Gasteiger partial charge in [0.1, 0.15) is 11.9 Å². The van der Waals surface area contributed by atoms with Gasteiger partial charge in [0, 0.05) is 24.0 Å². The van der Waals surface area contributed by atoms with Gasteiger partial charge in [-0.2, -0.15) is 0 Å². The summed E-state index contributed by atoms with van der Waals surface area (Å²) < 4.78 is 13.1. The maximum absolute atomic E-state index is 13.1. The lowest BCUT2D eigenvalue weighted by Crippen LogP contribution is -2.26. The smallest absolute Gasteiger partial charge is 0.271 e. The molecule has 3 rings (SSSR count).